The van der Waals surface area contributed by atoms with Gasteiger partial charge in [0.1, 0.15) is 47.6 Å². The number of rotatable bonds is 13. The molecule has 0 bridgehead atoms. The van der Waals surface area contributed by atoms with Crippen molar-refractivity contribution < 1.29 is 33.1 Å². The Bertz CT molecular complexity index is 1750. The van der Waals surface area contributed by atoms with Gasteiger partial charge in [-0.15, -0.1) is 0 Å². The molecule has 5 rings (SSSR count). The van der Waals surface area contributed by atoms with E-state index >= 15 is 0 Å². The normalized spacial score (nSPS) is 11.8. The van der Waals surface area contributed by atoms with Crippen molar-refractivity contribution in [2.24, 2.45) is 0 Å². The molecular formula is C32H28Cl2FN3O6. The molecule has 9 nitrogen and oxygen atoms in total. The summed E-state index contributed by atoms with van der Waals surface area (Å²) in [5, 5.41) is 20.8. The number of fused-ring (bicyclic) bond motifs is 1. The van der Waals surface area contributed by atoms with Gasteiger partial charge in [0.15, 0.2) is 0 Å². The SMILES string of the molecule is CCOC(=O)C(CO)NCc1cc(Cl)c(OCc2c(F)ccc(-c3ccccc3)c2Cl)cc1OCc1ccc2nonc2c1. The summed E-state index contributed by atoms with van der Waals surface area (Å²) in [6.07, 6.45) is 0. The van der Waals surface area contributed by atoms with Crippen LogP contribution in [-0.2, 0) is 29.3 Å². The van der Waals surface area contributed by atoms with Crippen molar-refractivity contribution in [3.8, 4) is 22.6 Å². The fourth-order valence-corrected chi connectivity index (χ4v) is 5.01. The van der Waals surface area contributed by atoms with E-state index in [2.05, 4.69) is 15.6 Å². The molecule has 5 aromatic rings. The summed E-state index contributed by atoms with van der Waals surface area (Å²) in [5.74, 6) is -0.504. The minimum Gasteiger partial charge on any atom is -0.488 e. The van der Waals surface area contributed by atoms with Gasteiger partial charge in [0.2, 0.25) is 0 Å². The van der Waals surface area contributed by atoms with Gasteiger partial charge >= 0.3 is 5.97 Å². The van der Waals surface area contributed by atoms with Crippen LogP contribution in [0.5, 0.6) is 11.5 Å². The monoisotopic (exact) mass is 639 g/mol. The Morgan fingerprint density at radius 2 is 1.75 bits per heavy atom. The van der Waals surface area contributed by atoms with Crippen molar-refractivity contribution in [3.63, 3.8) is 0 Å². The molecule has 1 aromatic heterocycles. The van der Waals surface area contributed by atoms with E-state index in [0.717, 1.165) is 11.1 Å². The number of esters is 1. The average molecular weight is 640 g/mol. The molecule has 1 atom stereocenters. The smallest absolute Gasteiger partial charge is 0.325 e. The van der Waals surface area contributed by atoms with Crippen LogP contribution < -0.4 is 14.8 Å². The summed E-state index contributed by atoms with van der Waals surface area (Å²) in [5.41, 5.74) is 4.23. The van der Waals surface area contributed by atoms with Gasteiger partial charge in [-0.25, -0.2) is 9.02 Å². The number of aliphatic hydroxyl groups excluding tert-OH is 1. The van der Waals surface area contributed by atoms with Crippen LogP contribution >= 0.6 is 23.2 Å². The third-order valence-corrected chi connectivity index (χ3v) is 7.49. The molecule has 4 aromatic carbocycles. The summed E-state index contributed by atoms with van der Waals surface area (Å²) < 4.78 is 36.8. The highest BCUT2D eigenvalue weighted by Crippen LogP contribution is 2.37. The summed E-state index contributed by atoms with van der Waals surface area (Å²) in [4.78, 5) is 12.2. The fourth-order valence-electron chi connectivity index (χ4n) is 4.46. The first-order valence-corrected chi connectivity index (χ1v) is 14.5. The lowest BCUT2D eigenvalue weighted by atomic mass is 10.0. The van der Waals surface area contributed by atoms with Gasteiger partial charge in [-0.2, -0.15) is 0 Å². The van der Waals surface area contributed by atoms with E-state index in [4.69, 9.17) is 42.0 Å². The number of carbonyl (C=O) groups is 1. The minimum atomic E-state index is -0.957. The molecule has 0 aliphatic carbocycles. The second-order valence-corrected chi connectivity index (χ2v) is 10.5. The molecule has 12 heteroatoms. The van der Waals surface area contributed by atoms with E-state index in [-0.39, 0.29) is 47.7 Å². The maximum atomic E-state index is 14.9. The van der Waals surface area contributed by atoms with Gasteiger partial charge in [0.25, 0.3) is 0 Å². The first kappa shape index (κ1) is 31.2. The zero-order chi connectivity index (χ0) is 31.1. The van der Waals surface area contributed by atoms with E-state index in [1.54, 1.807) is 37.3 Å². The van der Waals surface area contributed by atoms with Crippen molar-refractivity contribution >= 4 is 40.2 Å². The Morgan fingerprint density at radius 3 is 2.52 bits per heavy atom. The fraction of sp³-hybridized carbons (Fsp3) is 0.219. The van der Waals surface area contributed by atoms with Crippen LogP contribution in [0, 0.1) is 5.82 Å². The number of halogens is 3. The molecule has 0 radical (unpaired) electrons. The van der Waals surface area contributed by atoms with Crippen molar-refractivity contribution in [3.05, 3.63) is 105 Å². The van der Waals surface area contributed by atoms with Crippen molar-refractivity contribution in [2.45, 2.75) is 32.7 Å². The van der Waals surface area contributed by atoms with Crippen LogP contribution in [0.15, 0.2) is 77.4 Å². The van der Waals surface area contributed by atoms with E-state index < -0.39 is 24.4 Å². The minimum absolute atomic E-state index is 0.102. The predicted octanol–water partition coefficient (Wildman–Crippen LogP) is 6.51. The predicted molar refractivity (Wildman–Crippen MR) is 163 cm³/mol. The summed E-state index contributed by atoms with van der Waals surface area (Å²) in [6, 6.07) is 20.0. The topological polar surface area (TPSA) is 116 Å². The van der Waals surface area contributed by atoms with Gasteiger partial charge in [0, 0.05) is 29.3 Å². The van der Waals surface area contributed by atoms with Gasteiger partial charge < -0.3 is 19.3 Å². The van der Waals surface area contributed by atoms with E-state index in [9.17, 15) is 14.3 Å². The van der Waals surface area contributed by atoms with Gasteiger partial charge in [-0.3, -0.25) is 10.1 Å². The second-order valence-electron chi connectivity index (χ2n) is 9.68. The first-order chi connectivity index (χ1) is 21.4. The molecule has 0 amide bonds. The Kier molecular flexibility index (Phi) is 10.3. The van der Waals surface area contributed by atoms with Crippen LogP contribution in [-0.4, -0.2) is 40.6 Å². The highest BCUT2D eigenvalue weighted by atomic mass is 35.5. The summed E-state index contributed by atoms with van der Waals surface area (Å²) in [6.45, 7) is 1.42. The lowest BCUT2D eigenvalue weighted by molar-refractivity contribution is -0.146. The molecule has 0 aliphatic heterocycles. The molecule has 0 fully saturated rings. The molecule has 0 spiro atoms. The number of ether oxygens (including phenoxy) is 3. The zero-order valence-corrected chi connectivity index (χ0v) is 25.1. The number of aromatic nitrogens is 2. The number of nitrogens with one attached hydrogen (secondary N) is 1. The number of benzene rings is 4. The molecule has 0 aliphatic rings. The molecule has 0 saturated carbocycles. The maximum Gasteiger partial charge on any atom is 0.325 e. The maximum absolute atomic E-state index is 14.9. The lowest BCUT2D eigenvalue weighted by Gasteiger charge is -2.19. The van der Waals surface area contributed by atoms with Crippen LogP contribution in [0.4, 0.5) is 4.39 Å². The molecule has 44 heavy (non-hydrogen) atoms. The highest BCUT2D eigenvalue weighted by molar-refractivity contribution is 6.34. The molecular weight excluding hydrogens is 612 g/mol. The summed E-state index contributed by atoms with van der Waals surface area (Å²) >= 11 is 13.2. The van der Waals surface area contributed by atoms with Crippen LogP contribution in [0.2, 0.25) is 10.0 Å². The quantitative estimate of drug-likeness (QED) is 0.139. The lowest BCUT2D eigenvalue weighted by Crippen LogP contribution is -2.40. The molecule has 1 unspecified atom stereocenters. The third-order valence-electron chi connectivity index (χ3n) is 6.76. The Labute approximate surface area is 262 Å². The first-order valence-electron chi connectivity index (χ1n) is 13.7. The number of aliphatic hydroxyl groups is 1. The second kappa shape index (κ2) is 14.5. The number of hydrogen-bond donors (Lipinski definition) is 2. The number of carbonyl (C=O) groups excluding carboxylic acids is 1. The van der Waals surface area contributed by atoms with Gasteiger partial charge in [0.05, 0.1) is 23.3 Å². The molecule has 1 heterocycles. The van der Waals surface area contributed by atoms with Crippen molar-refractivity contribution in [1.82, 2.24) is 15.6 Å². The van der Waals surface area contributed by atoms with Crippen molar-refractivity contribution in [2.75, 3.05) is 13.2 Å². The Morgan fingerprint density at radius 1 is 0.977 bits per heavy atom. The van der Waals surface area contributed by atoms with Gasteiger partial charge in [-0.1, -0.05) is 59.6 Å². The molecule has 228 valence electrons. The zero-order valence-electron chi connectivity index (χ0n) is 23.6. The highest BCUT2D eigenvalue weighted by Gasteiger charge is 2.21. The standard InChI is InChI=1S/C32H28Cl2FN3O6/c1-2-41-32(40)28(16-39)36-15-21-13-24(33)30(14-29(21)42-17-19-8-11-26-27(12-19)38-44-37-26)43-18-23-25(35)10-9-22(31(23)34)20-6-4-3-5-7-20/h3-14,28,36,39H,2,15-18H2,1H3. The van der Waals surface area contributed by atoms with E-state index in [1.807, 2.05) is 36.4 Å². The number of nitrogens with zero attached hydrogens (tertiary/aromatic N) is 2. The van der Waals surface area contributed by atoms with E-state index in [0.29, 0.717) is 27.9 Å². The molecule has 2 N–H and O–H groups in total. The van der Waals surface area contributed by atoms with Crippen molar-refractivity contribution in [1.29, 1.82) is 0 Å². The number of hydrogen-bond acceptors (Lipinski definition) is 9. The average Bonchev–Trinajstić information content (AvgIpc) is 3.50. The third kappa shape index (κ3) is 7.28. The van der Waals surface area contributed by atoms with Crippen LogP contribution in [0.3, 0.4) is 0 Å². The van der Waals surface area contributed by atoms with Crippen LogP contribution in [0.1, 0.15) is 23.6 Å². The summed E-state index contributed by atoms with van der Waals surface area (Å²) in [7, 11) is 0. The van der Waals surface area contributed by atoms with Crippen LogP contribution in [0.25, 0.3) is 22.2 Å². The Hall–Kier alpha value is -4.22. The largest absolute Gasteiger partial charge is 0.488 e. The van der Waals surface area contributed by atoms with E-state index in [1.165, 1.54) is 6.07 Å². The van der Waals surface area contributed by atoms with Gasteiger partial charge in [-0.05, 0) is 58.7 Å². The Balaban J connectivity index is 1.40. The molecule has 0 saturated heterocycles.